The molecule has 24 heavy (non-hydrogen) atoms. The fourth-order valence-electron chi connectivity index (χ4n) is 3.03. The van der Waals surface area contributed by atoms with Gasteiger partial charge in [0.05, 0.1) is 12.1 Å². The van der Waals surface area contributed by atoms with Crippen molar-refractivity contribution in [2.45, 2.75) is 32.6 Å². The molecule has 7 heteroatoms. The van der Waals surface area contributed by atoms with Crippen molar-refractivity contribution in [1.82, 2.24) is 9.88 Å². The molecule has 2 aromatic rings. The molecule has 1 aliphatic heterocycles. The third-order valence-corrected chi connectivity index (χ3v) is 5.12. The lowest BCUT2D eigenvalue weighted by atomic mass is 9.93. The van der Waals surface area contributed by atoms with Crippen LogP contribution in [0.4, 0.5) is 0 Å². The number of nitrogens with two attached hydrogens (primary N) is 1. The van der Waals surface area contributed by atoms with E-state index in [4.69, 9.17) is 10.2 Å². The van der Waals surface area contributed by atoms with Crippen LogP contribution in [0, 0.1) is 12.8 Å². The van der Waals surface area contributed by atoms with Crippen molar-refractivity contribution in [3.8, 4) is 11.5 Å². The number of primary amides is 1. The summed E-state index contributed by atoms with van der Waals surface area (Å²) in [5.41, 5.74) is 6.88. The number of hydrogen-bond acceptors (Lipinski definition) is 5. The lowest BCUT2D eigenvalue weighted by Gasteiger charge is -2.31. The summed E-state index contributed by atoms with van der Waals surface area (Å²) < 4.78 is 5.68. The first kappa shape index (κ1) is 16.7. The highest BCUT2D eigenvalue weighted by Gasteiger charge is 2.25. The monoisotopic (exact) mass is 347 g/mol. The third-order valence-electron chi connectivity index (χ3n) is 4.44. The number of likely N-dealkylation sites (tertiary alicyclic amines) is 1. The molecule has 0 bridgehead atoms. The number of hydrogen-bond donors (Lipinski definition) is 1. The quantitative estimate of drug-likeness (QED) is 0.899. The van der Waals surface area contributed by atoms with Gasteiger partial charge in [-0.2, -0.15) is 11.3 Å². The zero-order valence-corrected chi connectivity index (χ0v) is 14.5. The van der Waals surface area contributed by atoms with Crippen LogP contribution < -0.4 is 5.73 Å². The summed E-state index contributed by atoms with van der Waals surface area (Å²) in [5, 5.41) is 3.94. The van der Waals surface area contributed by atoms with Gasteiger partial charge in [0.2, 0.25) is 17.7 Å². The Labute approximate surface area is 144 Å². The summed E-state index contributed by atoms with van der Waals surface area (Å²) in [6.45, 7) is 3.18. The van der Waals surface area contributed by atoms with E-state index < -0.39 is 0 Å². The van der Waals surface area contributed by atoms with E-state index in [-0.39, 0.29) is 18.2 Å². The number of aryl methyl sites for hydroxylation is 1. The minimum absolute atomic E-state index is 0.0563. The summed E-state index contributed by atoms with van der Waals surface area (Å²) in [5.74, 6) is 1.34. The molecule has 128 valence electrons. The second-order valence-electron chi connectivity index (χ2n) is 6.21. The van der Waals surface area contributed by atoms with E-state index in [1.807, 2.05) is 28.7 Å². The first-order chi connectivity index (χ1) is 11.5. The molecule has 2 aromatic heterocycles. The SMILES string of the molecule is Cc1oc(-c2ccsc2)nc1CC(=O)N1CCC(CC(N)=O)CC1. The Morgan fingerprint density at radius 3 is 2.79 bits per heavy atom. The minimum Gasteiger partial charge on any atom is -0.441 e. The highest BCUT2D eigenvalue weighted by Crippen LogP contribution is 2.25. The number of carbonyl (C=O) groups excluding carboxylic acids is 2. The number of oxazole rings is 1. The van der Waals surface area contributed by atoms with E-state index in [9.17, 15) is 9.59 Å². The second kappa shape index (κ2) is 7.17. The summed E-state index contributed by atoms with van der Waals surface area (Å²) in [6, 6.07) is 1.95. The van der Waals surface area contributed by atoms with Crippen molar-refractivity contribution in [3.63, 3.8) is 0 Å². The Hall–Kier alpha value is -2.15. The van der Waals surface area contributed by atoms with E-state index in [2.05, 4.69) is 4.98 Å². The average Bonchev–Trinajstić information content (AvgIpc) is 3.18. The first-order valence-electron chi connectivity index (χ1n) is 8.08. The van der Waals surface area contributed by atoms with Crippen LogP contribution in [-0.2, 0) is 16.0 Å². The summed E-state index contributed by atoms with van der Waals surface area (Å²) in [4.78, 5) is 29.8. The minimum atomic E-state index is -0.265. The highest BCUT2D eigenvalue weighted by molar-refractivity contribution is 7.08. The second-order valence-corrected chi connectivity index (χ2v) is 6.99. The van der Waals surface area contributed by atoms with Crippen molar-refractivity contribution >= 4 is 23.2 Å². The molecule has 6 nitrogen and oxygen atoms in total. The van der Waals surface area contributed by atoms with E-state index in [0.29, 0.717) is 42.8 Å². The lowest BCUT2D eigenvalue weighted by molar-refractivity contribution is -0.132. The zero-order chi connectivity index (χ0) is 17.1. The molecular weight excluding hydrogens is 326 g/mol. The van der Waals surface area contributed by atoms with Crippen LogP contribution in [0.25, 0.3) is 11.5 Å². The molecule has 0 spiro atoms. The average molecular weight is 347 g/mol. The number of amides is 2. The van der Waals surface area contributed by atoms with Gasteiger partial charge in [-0.05, 0) is 37.1 Å². The molecule has 0 unspecified atom stereocenters. The van der Waals surface area contributed by atoms with Crippen molar-refractivity contribution in [2.75, 3.05) is 13.1 Å². The maximum absolute atomic E-state index is 12.5. The molecule has 1 fully saturated rings. The summed E-state index contributed by atoms with van der Waals surface area (Å²) in [6.07, 6.45) is 2.31. The van der Waals surface area contributed by atoms with Gasteiger partial charge in [-0.25, -0.2) is 4.98 Å². The topological polar surface area (TPSA) is 89.4 Å². The number of carbonyl (C=O) groups is 2. The number of aromatic nitrogens is 1. The molecule has 0 aliphatic carbocycles. The lowest BCUT2D eigenvalue weighted by Crippen LogP contribution is -2.40. The van der Waals surface area contributed by atoms with Crippen LogP contribution >= 0.6 is 11.3 Å². The molecule has 0 radical (unpaired) electrons. The molecule has 2 amide bonds. The normalized spacial score (nSPS) is 15.6. The van der Waals surface area contributed by atoms with E-state index in [1.165, 1.54) is 0 Å². The van der Waals surface area contributed by atoms with Crippen molar-refractivity contribution in [1.29, 1.82) is 0 Å². The Morgan fingerprint density at radius 2 is 2.17 bits per heavy atom. The van der Waals surface area contributed by atoms with Gasteiger partial charge in [0.25, 0.3) is 0 Å². The van der Waals surface area contributed by atoms with Gasteiger partial charge in [-0.15, -0.1) is 0 Å². The van der Waals surface area contributed by atoms with Gasteiger partial charge in [-0.1, -0.05) is 0 Å². The molecule has 0 aromatic carbocycles. The maximum atomic E-state index is 12.5. The fourth-order valence-corrected chi connectivity index (χ4v) is 3.66. The van der Waals surface area contributed by atoms with Gasteiger partial charge < -0.3 is 15.1 Å². The van der Waals surface area contributed by atoms with Gasteiger partial charge in [0.1, 0.15) is 5.76 Å². The van der Waals surface area contributed by atoms with Crippen LogP contribution in [0.2, 0.25) is 0 Å². The van der Waals surface area contributed by atoms with Crippen LogP contribution in [0.15, 0.2) is 21.2 Å². The van der Waals surface area contributed by atoms with Crippen molar-refractivity contribution < 1.29 is 14.0 Å². The molecule has 0 atom stereocenters. The zero-order valence-electron chi connectivity index (χ0n) is 13.7. The Kier molecular flexibility index (Phi) is 4.99. The predicted octanol–water partition coefficient (Wildman–Crippen LogP) is 2.37. The molecule has 0 saturated carbocycles. The molecule has 3 rings (SSSR count). The fraction of sp³-hybridized carbons (Fsp3) is 0.471. The van der Waals surface area contributed by atoms with Crippen LogP contribution in [-0.4, -0.2) is 34.8 Å². The molecule has 1 aliphatic rings. The molecule has 1 saturated heterocycles. The van der Waals surface area contributed by atoms with Crippen LogP contribution in [0.3, 0.4) is 0 Å². The van der Waals surface area contributed by atoms with Gasteiger partial charge in [-0.3, -0.25) is 9.59 Å². The third kappa shape index (κ3) is 3.84. The Morgan fingerprint density at radius 1 is 1.42 bits per heavy atom. The molecule has 3 heterocycles. The van der Waals surface area contributed by atoms with Crippen LogP contribution in [0.5, 0.6) is 0 Å². The highest BCUT2D eigenvalue weighted by atomic mass is 32.1. The standard InChI is InChI=1S/C17H21N3O3S/c1-11-14(19-17(23-11)13-4-7-24-10-13)9-16(22)20-5-2-12(3-6-20)8-15(18)21/h4,7,10,12H,2-3,5-6,8-9H2,1H3,(H2,18,21). The van der Waals surface area contributed by atoms with Crippen molar-refractivity contribution in [3.05, 3.63) is 28.3 Å². The van der Waals surface area contributed by atoms with Crippen LogP contribution in [0.1, 0.15) is 30.7 Å². The Balaban J connectivity index is 1.59. The van der Waals surface area contributed by atoms with E-state index in [1.54, 1.807) is 11.3 Å². The van der Waals surface area contributed by atoms with Gasteiger partial charge in [0.15, 0.2) is 0 Å². The first-order valence-corrected chi connectivity index (χ1v) is 9.02. The van der Waals surface area contributed by atoms with E-state index >= 15 is 0 Å². The van der Waals surface area contributed by atoms with Gasteiger partial charge >= 0.3 is 0 Å². The summed E-state index contributed by atoms with van der Waals surface area (Å²) in [7, 11) is 0. The van der Waals surface area contributed by atoms with E-state index in [0.717, 1.165) is 18.4 Å². The molecular formula is C17H21N3O3S. The number of piperidine rings is 1. The maximum Gasteiger partial charge on any atom is 0.228 e. The Bertz CT molecular complexity index is 716. The van der Waals surface area contributed by atoms with Gasteiger partial charge in [0, 0.05) is 30.5 Å². The largest absolute Gasteiger partial charge is 0.441 e. The number of thiophene rings is 1. The predicted molar refractivity (Wildman–Crippen MR) is 91.4 cm³/mol. The number of rotatable bonds is 5. The number of nitrogens with zero attached hydrogens (tertiary/aromatic N) is 2. The summed E-state index contributed by atoms with van der Waals surface area (Å²) >= 11 is 1.58. The smallest absolute Gasteiger partial charge is 0.228 e. The molecule has 2 N–H and O–H groups in total. The van der Waals surface area contributed by atoms with Crippen molar-refractivity contribution in [2.24, 2.45) is 11.7 Å².